The summed E-state index contributed by atoms with van der Waals surface area (Å²) in [5.41, 5.74) is 0.663. The molecule has 7 heteroatoms. The van der Waals surface area contributed by atoms with E-state index in [9.17, 15) is 13.6 Å². The molecule has 1 aromatic carbocycles. The van der Waals surface area contributed by atoms with Gasteiger partial charge < -0.3 is 20.2 Å². The molecule has 1 saturated heterocycles. The molecule has 134 valence electrons. The molecule has 0 spiro atoms. The van der Waals surface area contributed by atoms with Gasteiger partial charge in [0.2, 0.25) is 0 Å². The van der Waals surface area contributed by atoms with Gasteiger partial charge >= 0.3 is 6.03 Å². The molecule has 1 fully saturated rings. The van der Waals surface area contributed by atoms with Crippen LogP contribution >= 0.6 is 0 Å². The highest BCUT2D eigenvalue weighted by molar-refractivity contribution is 5.74. The van der Waals surface area contributed by atoms with Crippen molar-refractivity contribution in [3.8, 4) is 0 Å². The standard InChI is InChI=1S/C17H25F2N3O2/c1-2-6-21(8-9-23)17(24)20-11-13-5-7-22(12-13)14-3-4-15(18)16(19)10-14/h3-4,10,13,23H,2,5-9,11-12H2,1H3,(H,20,24). The number of amides is 2. The summed E-state index contributed by atoms with van der Waals surface area (Å²) in [6.45, 7) is 4.84. The molecule has 1 aromatic rings. The highest BCUT2D eigenvalue weighted by Gasteiger charge is 2.24. The van der Waals surface area contributed by atoms with Crippen LogP contribution in [0.4, 0.5) is 19.3 Å². The number of urea groups is 1. The fraction of sp³-hybridized carbons (Fsp3) is 0.588. The van der Waals surface area contributed by atoms with E-state index in [1.54, 1.807) is 11.0 Å². The van der Waals surface area contributed by atoms with Crippen molar-refractivity contribution in [2.24, 2.45) is 5.92 Å². The summed E-state index contributed by atoms with van der Waals surface area (Å²) in [6.07, 6.45) is 1.72. The predicted molar refractivity (Wildman–Crippen MR) is 89.0 cm³/mol. The lowest BCUT2D eigenvalue weighted by atomic mass is 10.1. The predicted octanol–water partition coefficient (Wildman–Crippen LogP) is 2.21. The third-order valence-corrected chi connectivity index (χ3v) is 4.25. The smallest absolute Gasteiger partial charge is 0.317 e. The molecule has 2 N–H and O–H groups in total. The average Bonchev–Trinajstić information content (AvgIpc) is 3.04. The Hall–Kier alpha value is -1.89. The quantitative estimate of drug-likeness (QED) is 0.799. The van der Waals surface area contributed by atoms with Gasteiger partial charge in [-0.15, -0.1) is 0 Å². The number of nitrogens with zero attached hydrogens (tertiary/aromatic N) is 2. The topological polar surface area (TPSA) is 55.8 Å². The Morgan fingerprint density at radius 2 is 2.17 bits per heavy atom. The van der Waals surface area contributed by atoms with Gasteiger partial charge in [-0.2, -0.15) is 0 Å². The SMILES string of the molecule is CCCN(CCO)C(=O)NCC1CCN(c2ccc(F)c(F)c2)C1. The number of aliphatic hydroxyl groups excluding tert-OH is 1. The van der Waals surface area contributed by atoms with Crippen molar-refractivity contribution < 1.29 is 18.7 Å². The minimum atomic E-state index is -0.846. The number of nitrogens with one attached hydrogen (secondary N) is 1. The first-order chi connectivity index (χ1) is 11.5. The third kappa shape index (κ3) is 4.80. The molecule has 2 amide bonds. The van der Waals surface area contributed by atoms with E-state index in [0.29, 0.717) is 31.9 Å². The van der Waals surface area contributed by atoms with E-state index >= 15 is 0 Å². The lowest BCUT2D eigenvalue weighted by Crippen LogP contribution is -2.43. The molecule has 5 nitrogen and oxygen atoms in total. The van der Waals surface area contributed by atoms with Crippen LogP contribution in [0.15, 0.2) is 18.2 Å². The van der Waals surface area contributed by atoms with E-state index in [4.69, 9.17) is 5.11 Å². The number of aliphatic hydroxyl groups is 1. The van der Waals surface area contributed by atoms with Gasteiger partial charge in [0, 0.05) is 44.5 Å². The highest BCUT2D eigenvalue weighted by Crippen LogP contribution is 2.25. The summed E-state index contributed by atoms with van der Waals surface area (Å²) >= 11 is 0. The van der Waals surface area contributed by atoms with E-state index < -0.39 is 11.6 Å². The summed E-state index contributed by atoms with van der Waals surface area (Å²) in [4.78, 5) is 15.7. The normalized spacial score (nSPS) is 17.2. The Morgan fingerprint density at radius 3 is 2.83 bits per heavy atom. The van der Waals surface area contributed by atoms with E-state index in [1.807, 2.05) is 11.8 Å². The van der Waals surface area contributed by atoms with Crippen molar-refractivity contribution in [3.05, 3.63) is 29.8 Å². The average molecular weight is 341 g/mol. The molecule has 0 saturated carbocycles. The van der Waals surface area contributed by atoms with Gasteiger partial charge in [0.25, 0.3) is 0 Å². The van der Waals surface area contributed by atoms with E-state index in [0.717, 1.165) is 25.5 Å². The van der Waals surface area contributed by atoms with Crippen LogP contribution in [0.2, 0.25) is 0 Å². The number of hydrogen-bond donors (Lipinski definition) is 2. The van der Waals surface area contributed by atoms with Gasteiger partial charge in [-0.05, 0) is 30.9 Å². The molecule has 0 radical (unpaired) electrons. The number of halogens is 2. The number of carbonyl (C=O) groups excluding carboxylic acids is 1. The zero-order chi connectivity index (χ0) is 17.5. The summed E-state index contributed by atoms with van der Waals surface area (Å²) in [7, 11) is 0. The number of rotatable bonds is 7. The minimum Gasteiger partial charge on any atom is -0.395 e. The molecule has 0 bridgehead atoms. The molecule has 1 aliphatic rings. The van der Waals surface area contributed by atoms with Crippen LogP contribution in [0.25, 0.3) is 0 Å². The van der Waals surface area contributed by atoms with Crippen LogP contribution in [-0.4, -0.2) is 55.4 Å². The molecule has 2 rings (SSSR count). The lowest BCUT2D eigenvalue weighted by molar-refractivity contribution is 0.176. The van der Waals surface area contributed by atoms with Crippen molar-refractivity contribution in [2.45, 2.75) is 19.8 Å². The Kier molecular flexibility index (Phi) is 6.78. The molecule has 0 aliphatic carbocycles. The highest BCUT2D eigenvalue weighted by atomic mass is 19.2. The van der Waals surface area contributed by atoms with Gasteiger partial charge in [0.15, 0.2) is 11.6 Å². The second kappa shape index (κ2) is 8.82. The molecule has 1 atom stereocenters. The maximum absolute atomic E-state index is 13.3. The molecular formula is C17H25F2N3O2. The second-order valence-electron chi connectivity index (χ2n) is 6.10. The largest absolute Gasteiger partial charge is 0.395 e. The van der Waals surface area contributed by atoms with Gasteiger partial charge in [-0.25, -0.2) is 13.6 Å². The zero-order valence-corrected chi connectivity index (χ0v) is 14.0. The van der Waals surface area contributed by atoms with Crippen molar-refractivity contribution in [1.29, 1.82) is 0 Å². The number of benzene rings is 1. The van der Waals surface area contributed by atoms with Crippen LogP contribution in [0.5, 0.6) is 0 Å². The lowest BCUT2D eigenvalue weighted by Gasteiger charge is -2.23. The maximum atomic E-state index is 13.3. The van der Waals surface area contributed by atoms with Crippen molar-refractivity contribution in [3.63, 3.8) is 0 Å². The number of hydrogen-bond acceptors (Lipinski definition) is 3. The number of anilines is 1. The van der Waals surface area contributed by atoms with E-state index in [2.05, 4.69) is 5.32 Å². The summed E-state index contributed by atoms with van der Waals surface area (Å²) < 4.78 is 26.3. The Bertz CT molecular complexity index is 551. The first-order valence-electron chi connectivity index (χ1n) is 8.38. The van der Waals surface area contributed by atoms with Gasteiger partial charge in [-0.1, -0.05) is 6.92 Å². The van der Waals surface area contributed by atoms with Gasteiger partial charge in [0.05, 0.1) is 6.61 Å². The maximum Gasteiger partial charge on any atom is 0.317 e. The van der Waals surface area contributed by atoms with Crippen LogP contribution in [-0.2, 0) is 0 Å². The Morgan fingerprint density at radius 1 is 1.38 bits per heavy atom. The summed E-state index contributed by atoms with van der Waals surface area (Å²) in [5.74, 6) is -1.43. The molecular weight excluding hydrogens is 316 g/mol. The van der Waals surface area contributed by atoms with E-state index in [1.165, 1.54) is 6.07 Å². The van der Waals surface area contributed by atoms with E-state index in [-0.39, 0.29) is 18.6 Å². The second-order valence-corrected chi connectivity index (χ2v) is 6.10. The van der Waals surface area contributed by atoms with Crippen LogP contribution < -0.4 is 10.2 Å². The van der Waals surface area contributed by atoms with Gasteiger partial charge in [-0.3, -0.25) is 0 Å². The Labute approximate surface area is 141 Å². The monoisotopic (exact) mass is 341 g/mol. The molecule has 1 unspecified atom stereocenters. The molecule has 24 heavy (non-hydrogen) atoms. The third-order valence-electron chi connectivity index (χ3n) is 4.25. The zero-order valence-electron chi connectivity index (χ0n) is 14.0. The molecule has 1 aliphatic heterocycles. The Balaban J connectivity index is 1.83. The van der Waals surface area contributed by atoms with Crippen LogP contribution in [0.1, 0.15) is 19.8 Å². The van der Waals surface area contributed by atoms with Crippen LogP contribution in [0.3, 0.4) is 0 Å². The number of carbonyl (C=O) groups is 1. The fourth-order valence-electron chi connectivity index (χ4n) is 2.96. The van der Waals surface area contributed by atoms with Crippen molar-refractivity contribution in [1.82, 2.24) is 10.2 Å². The van der Waals surface area contributed by atoms with Gasteiger partial charge in [0.1, 0.15) is 0 Å². The first kappa shape index (κ1) is 18.4. The molecule has 1 heterocycles. The minimum absolute atomic E-state index is 0.0548. The van der Waals surface area contributed by atoms with Crippen LogP contribution in [0, 0.1) is 17.6 Å². The first-order valence-corrected chi connectivity index (χ1v) is 8.38. The van der Waals surface area contributed by atoms with Crippen molar-refractivity contribution >= 4 is 11.7 Å². The molecule has 0 aromatic heterocycles. The summed E-state index contributed by atoms with van der Waals surface area (Å²) in [6, 6.07) is 3.75. The van der Waals surface area contributed by atoms with Crippen molar-refractivity contribution in [2.75, 3.05) is 44.2 Å². The fourth-order valence-corrected chi connectivity index (χ4v) is 2.96. The summed E-state index contributed by atoms with van der Waals surface area (Å²) in [5, 5.41) is 11.9.